The third kappa shape index (κ3) is 2.59. The number of anilines is 1. The number of hydrogen-bond acceptors (Lipinski definition) is 4. The highest BCUT2D eigenvalue weighted by Gasteiger charge is 2.20. The van der Waals surface area contributed by atoms with Crippen molar-refractivity contribution in [3.8, 4) is 10.6 Å². The van der Waals surface area contributed by atoms with Crippen molar-refractivity contribution in [1.82, 2.24) is 19.7 Å². The average Bonchev–Trinajstić information content (AvgIpc) is 3.43. The van der Waals surface area contributed by atoms with Crippen LogP contribution in [0.4, 0.5) is 5.69 Å². The Bertz CT molecular complexity index is 1330. The first-order valence-electron chi connectivity index (χ1n) is 8.87. The molecule has 1 amide bonds. The fourth-order valence-electron chi connectivity index (χ4n) is 3.56. The molecule has 0 radical (unpaired) electrons. The molecule has 0 atom stereocenters. The number of aryl methyl sites for hydroxylation is 2. The molecule has 0 fully saturated rings. The summed E-state index contributed by atoms with van der Waals surface area (Å²) in [6, 6.07) is 13.6. The molecule has 28 heavy (non-hydrogen) atoms. The summed E-state index contributed by atoms with van der Waals surface area (Å²) in [6.07, 6.45) is 1.87. The molecular weight excluding hydrogens is 370 g/mol. The molecule has 7 heteroatoms. The minimum atomic E-state index is -0.171. The first kappa shape index (κ1) is 16.7. The van der Waals surface area contributed by atoms with Crippen LogP contribution in [0.3, 0.4) is 0 Å². The van der Waals surface area contributed by atoms with E-state index < -0.39 is 0 Å². The largest absolute Gasteiger partial charge is 0.361 e. The van der Waals surface area contributed by atoms with Crippen LogP contribution in [0.2, 0.25) is 0 Å². The average molecular weight is 387 g/mol. The Labute approximate surface area is 164 Å². The summed E-state index contributed by atoms with van der Waals surface area (Å²) in [4.78, 5) is 22.2. The van der Waals surface area contributed by atoms with Crippen LogP contribution in [0.25, 0.3) is 32.5 Å². The second kappa shape index (κ2) is 6.31. The lowest BCUT2D eigenvalue weighted by molar-refractivity contribution is 0.102. The number of benzene rings is 1. The van der Waals surface area contributed by atoms with Gasteiger partial charge in [0.05, 0.1) is 32.9 Å². The van der Waals surface area contributed by atoms with Gasteiger partial charge in [0.15, 0.2) is 5.65 Å². The van der Waals surface area contributed by atoms with E-state index in [9.17, 15) is 4.79 Å². The molecule has 138 valence electrons. The highest BCUT2D eigenvalue weighted by atomic mass is 32.1. The Kier molecular flexibility index (Phi) is 3.77. The van der Waals surface area contributed by atoms with Gasteiger partial charge in [0.25, 0.3) is 5.91 Å². The second-order valence-electron chi connectivity index (χ2n) is 6.64. The van der Waals surface area contributed by atoms with E-state index in [1.54, 1.807) is 16.0 Å². The maximum Gasteiger partial charge on any atom is 0.256 e. The summed E-state index contributed by atoms with van der Waals surface area (Å²) in [5, 5.41) is 11.3. The Hall–Kier alpha value is -3.45. The van der Waals surface area contributed by atoms with Gasteiger partial charge in [-0.15, -0.1) is 11.3 Å². The normalized spacial score (nSPS) is 11.4. The number of aromatic nitrogens is 4. The van der Waals surface area contributed by atoms with E-state index in [2.05, 4.69) is 15.4 Å². The van der Waals surface area contributed by atoms with Gasteiger partial charge in [0.2, 0.25) is 0 Å². The number of H-pyrrole nitrogens is 1. The summed E-state index contributed by atoms with van der Waals surface area (Å²) in [7, 11) is 1.85. The van der Waals surface area contributed by atoms with Crippen molar-refractivity contribution in [2.24, 2.45) is 7.05 Å². The Morgan fingerprint density at radius 3 is 2.93 bits per heavy atom. The first-order valence-corrected chi connectivity index (χ1v) is 9.75. The number of fused-ring (bicyclic) bond motifs is 2. The van der Waals surface area contributed by atoms with E-state index in [0.717, 1.165) is 38.2 Å². The molecular formula is C21H17N5OS. The van der Waals surface area contributed by atoms with Gasteiger partial charge in [0, 0.05) is 24.1 Å². The molecule has 0 bridgehead atoms. The quantitative estimate of drug-likeness (QED) is 0.469. The molecule has 5 aromatic rings. The van der Waals surface area contributed by atoms with Crippen molar-refractivity contribution in [3.63, 3.8) is 0 Å². The molecule has 4 heterocycles. The molecule has 1 aromatic carbocycles. The summed E-state index contributed by atoms with van der Waals surface area (Å²) >= 11 is 1.60. The minimum absolute atomic E-state index is 0.171. The Morgan fingerprint density at radius 2 is 2.11 bits per heavy atom. The predicted molar refractivity (Wildman–Crippen MR) is 113 cm³/mol. The summed E-state index contributed by atoms with van der Waals surface area (Å²) in [6.45, 7) is 1.90. The summed E-state index contributed by atoms with van der Waals surface area (Å²) < 4.78 is 1.73. The molecule has 0 saturated carbocycles. The molecule has 5 rings (SSSR count). The Morgan fingerprint density at radius 1 is 1.21 bits per heavy atom. The van der Waals surface area contributed by atoms with E-state index in [1.807, 2.05) is 68.0 Å². The van der Waals surface area contributed by atoms with Crippen molar-refractivity contribution < 1.29 is 4.79 Å². The van der Waals surface area contributed by atoms with Gasteiger partial charge < -0.3 is 10.3 Å². The van der Waals surface area contributed by atoms with Crippen LogP contribution in [-0.4, -0.2) is 25.7 Å². The van der Waals surface area contributed by atoms with Crippen LogP contribution in [0.1, 0.15) is 16.1 Å². The number of pyridine rings is 1. The van der Waals surface area contributed by atoms with Crippen molar-refractivity contribution >= 4 is 44.9 Å². The number of thiophene rings is 1. The maximum atomic E-state index is 13.3. The fourth-order valence-corrected chi connectivity index (χ4v) is 4.24. The SMILES string of the molecule is Cc1nn(C)c2nc(-c3cccs3)cc(C(=O)Nc3cccc4[nH]ccc34)c12. The molecule has 2 N–H and O–H groups in total. The molecule has 6 nitrogen and oxygen atoms in total. The Balaban J connectivity index is 1.66. The second-order valence-corrected chi connectivity index (χ2v) is 7.59. The lowest BCUT2D eigenvalue weighted by atomic mass is 10.1. The monoisotopic (exact) mass is 387 g/mol. The van der Waals surface area contributed by atoms with Crippen LogP contribution in [0, 0.1) is 6.92 Å². The van der Waals surface area contributed by atoms with Gasteiger partial charge in [0.1, 0.15) is 0 Å². The van der Waals surface area contributed by atoms with E-state index in [0.29, 0.717) is 11.2 Å². The van der Waals surface area contributed by atoms with Crippen LogP contribution in [0.15, 0.2) is 54.0 Å². The van der Waals surface area contributed by atoms with Gasteiger partial charge in [-0.3, -0.25) is 9.48 Å². The topological polar surface area (TPSA) is 75.6 Å². The van der Waals surface area contributed by atoms with Gasteiger partial charge in [-0.25, -0.2) is 4.98 Å². The molecule has 4 aromatic heterocycles. The number of rotatable bonds is 3. The van der Waals surface area contributed by atoms with E-state index in [1.165, 1.54) is 0 Å². The maximum absolute atomic E-state index is 13.3. The van der Waals surface area contributed by atoms with Gasteiger partial charge in [-0.1, -0.05) is 12.1 Å². The van der Waals surface area contributed by atoms with E-state index >= 15 is 0 Å². The molecule has 0 aliphatic heterocycles. The lowest BCUT2D eigenvalue weighted by Gasteiger charge is -2.10. The number of hydrogen-bond donors (Lipinski definition) is 2. The van der Waals surface area contributed by atoms with Crippen molar-refractivity contribution in [3.05, 3.63) is 65.3 Å². The predicted octanol–water partition coefficient (Wildman–Crippen LogP) is 4.74. The minimum Gasteiger partial charge on any atom is -0.361 e. The fraction of sp³-hybridized carbons (Fsp3) is 0.0952. The third-order valence-electron chi connectivity index (χ3n) is 4.83. The van der Waals surface area contributed by atoms with Crippen molar-refractivity contribution in [2.45, 2.75) is 6.92 Å². The molecule has 0 spiro atoms. The molecule has 0 saturated heterocycles. The van der Waals surface area contributed by atoms with E-state index in [-0.39, 0.29) is 5.91 Å². The highest BCUT2D eigenvalue weighted by molar-refractivity contribution is 7.13. The number of aromatic amines is 1. The third-order valence-corrected chi connectivity index (χ3v) is 5.72. The standard InChI is InChI=1S/C21H17N5OS/c1-12-19-14(21(27)24-16-6-3-5-15-13(16)8-9-22-15)11-17(18-7-4-10-28-18)23-20(19)26(2)25-12/h3-11,22H,1-2H3,(H,24,27). The molecule has 0 unspecified atom stereocenters. The number of carbonyl (C=O) groups excluding carboxylic acids is 1. The van der Waals surface area contributed by atoms with Crippen molar-refractivity contribution in [2.75, 3.05) is 5.32 Å². The van der Waals surface area contributed by atoms with Crippen LogP contribution in [0.5, 0.6) is 0 Å². The number of carbonyl (C=O) groups is 1. The van der Waals surface area contributed by atoms with Gasteiger partial charge in [-0.05, 0) is 42.6 Å². The number of nitrogens with one attached hydrogen (secondary N) is 2. The zero-order valence-electron chi connectivity index (χ0n) is 15.4. The van der Waals surface area contributed by atoms with Crippen molar-refractivity contribution in [1.29, 1.82) is 0 Å². The van der Waals surface area contributed by atoms with Gasteiger partial charge >= 0.3 is 0 Å². The highest BCUT2D eigenvalue weighted by Crippen LogP contribution is 2.30. The van der Waals surface area contributed by atoms with E-state index in [4.69, 9.17) is 4.98 Å². The summed E-state index contributed by atoms with van der Waals surface area (Å²) in [5.74, 6) is -0.171. The number of amides is 1. The van der Waals surface area contributed by atoms with Crippen LogP contribution >= 0.6 is 11.3 Å². The number of nitrogens with zero attached hydrogens (tertiary/aromatic N) is 3. The van der Waals surface area contributed by atoms with Crippen LogP contribution in [-0.2, 0) is 7.05 Å². The summed E-state index contributed by atoms with van der Waals surface area (Å²) in [5.41, 5.74) is 4.59. The lowest BCUT2D eigenvalue weighted by Crippen LogP contribution is -2.13. The molecule has 0 aliphatic carbocycles. The molecule has 0 aliphatic rings. The smallest absolute Gasteiger partial charge is 0.256 e. The van der Waals surface area contributed by atoms with Gasteiger partial charge in [-0.2, -0.15) is 5.10 Å². The zero-order chi connectivity index (χ0) is 19.3. The zero-order valence-corrected chi connectivity index (χ0v) is 16.2. The van der Waals surface area contributed by atoms with Crippen LogP contribution < -0.4 is 5.32 Å². The first-order chi connectivity index (χ1) is 13.6.